The van der Waals surface area contributed by atoms with Gasteiger partial charge < -0.3 is 9.64 Å². The van der Waals surface area contributed by atoms with Crippen LogP contribution in [0.5, 0.6) is 0 Å². The lowest BCUT2D eigenvalue weighted by Gasteiger charge is -2.18. The number of hydrogen-bond donors (Lipinski definition) is 0. The van der Waals surface area contributed by atoms with E-state index in [0.29, 0.717) is 18.7 Å². The maximum Gasteiger partial charge on any atom is 0.253 e. The molecule has 0 N–H and O–H groups in total. The van der Waals surface area contributed by atoms with Crippen molar-refractivity contribution in [1.82, 2.24) is 4.90 Å². The molecule has 2 rings (SSSR count). The van der Waals surface area contributed by atoms with Crippen molar-refractivity contribution < 1.29 is 9.53 Å². The molecule has 0 radical (unpaired) electrons. The van der Waals surface area contributed by atoms with E-state index in [1.807, 2.05) is 55.6 Å². The molecule has 21 heavy (non-hydrogen) atoms. The van der Waals surface area contributed by atoms with Crippen LogP contribution < -0.4 is 0 Å². The minimum absolute atomic E-state index is 0.0101. The van der Waals surface area contributed by atoms with E-state index in [9.17, 15) is 4.79 Å². The molecule has 0 saturated heterocycles. The number of carbonyl (C=O) groups excluding carboxylic acids is 1. The number of ether oxygens (including phenoxy) is 1. The second-order valence-electron chi connectivity index (χ2n) is 4.92. The molecule has 0 atom stereocenters. The molecule has 0 aromatic heterocycles. The van der Waals surface area contributed by atoms with Gasteiger partial charge in [-0.2, -0.15) is 0 Å². The molecule has 0 saturated carbocycles. The van der Waals surface area contributed by atoms with E-state index in [4.69, 9.17) is 4.74 Å². The lowest BCUT2D eigenvalue weighted by atomic mass is 10.1. The van der Waals surface area contributed by atoms with E-state index < -0.39 is 0 Å². The van der Waals surface area contributed by atoms with Gasteiger partial charge in [0.1, 0.15) is 0 Å². The monoisotopic (exact) mass is 347 g/mol. The van der Waals surface area contributed by atoms with Gasteiger partial charge in [-0.15, -0.1) is 0 Å². The Hall–Kier alpha value is -1.65. The maximum absolute atomic E-state index is 12.4. The van der Waals surface area contributed by atoms with E-state index in [1.54, 1.807) is 12.0 Å². The second-order valence-corrected chi connectivity index (χ2v) is 5.84. The average Bonchev–Trinajstić information content (AvgIpc) is 2.49. The number of benzene rings is 2. The Balaban J connectivity index is 2.08. The molecule has 2 aromatic carbocycles. The Morgan fingerprint density at radius 3 is 2.52 bits per heavy atom. The summed E-state index contributed by atoms with van der Waals surface area (Å²) in [5.41, 5.74) is 2.78. The van der Waals surface area contributed by atoms with Crippen molar-refractivity contribution in [2.75, 3.05) is 14.2 Å². The maximum atomic E-state index is 12.4. The first-order valence-electron chi connectivity index (χ1n) is 6.68. The van der Waals surface area contributed by atoms with E-state index in [0.717, 1.165) is 15.6 Å². The summed E-state index contributed by atoms with van der Waals surface area (Å²) >= 11 is 3.41. The third kappa shape index (κ3) is 4.41. The van der Waals surface area contributed by atoms with Gasteiger partial charge >= 0.3 is 0 Å². The summed E-state index contributed by atoms with van der Waals surface area (Å²) in [6.07, 6.45) is 0. The normalized spacial score (nSPS) is 10.4. The third-order valence-corrected chi connectivity index (χ3v) is 3.69. The van der Waals surface area contributed by atoms with Crippen molar-refractivity contribution in [3.8, 4) is 0 Å². The fourth-order valence-electron chi connectivity index (χ4n) is 2.12. The van der Waals surface area contributed by atoms with Gasteiger partial charge in [-0.1, -0.05) is 40.2 Å². The Morgan fingerprint density at radius 2 is 1.86 bits per heavy atom. The zero-order chi connectivity index (χ0) is 15.2. The van der Waals surface area contributed by atoms with Crippen LogP contribution in [0, 0.1) is 0 Å². The van der Waals surface area contributed by atoms with Gasteiger partial charge in [0.05, 0.1) is 6.61 Å². The van der Waals surface area contributed by atoms with Crippen LogP contribution in [0.2, 0.25) is 0 Å². The molecule has 0 heterocycles. The largest absolute Gasteiger partial charge is 0.380 e. The zero-order valence-corrected chi connectivity index (χ0v) is 13.8. The number of amides is 1. The minimum Gasteiger partial charge on any atom is -0.380 e. The van der Waals surface area contributed by atoms with Crippen LogP contribution >= 0.6 is 15.9 Å². The first-order chi connectivity index (χ1) is 10.1. The van der Waals surface area contributed by atoms with Gasteiger partial charge in [0.15, 0.2) is 0 Å². The van der Waals surface area contributed by atoms with Gasteiger partial charge in [-0.3, -0.25) is 4.79 Å². The van der Waals surface area contributed by atoms with Crippen LogP contribution in [-0.4, -0.2) is 25.0 Å². The van der Waals surface area contributed by atoms with Crippen molar-refractivity contribution in [3.63, 3.8) is 0 Å². The molecule has 4 heteroatoms. The van der Waals surface area contributed by atoms with Crippen LogP contribution in [-0.2, 0) is 17.9 Å². The van der Waals surface area contributed by atoms with Crippen LogP contribution in [0.1, 0.15) is 21.5 Å². The van der Waals surface area contributed by atoms with Gasteiger partial charge in [0.25, 0.3) is 5.91 Å². The fraction of sp³-hybridized carbons (Fsp3) is 0.235. The Bertz CT molecular complexity index is 610. The summed E-state index contributed by atoms with van der Waals surface area (Å²) in [6.45, 7) is 1.10. The zero-order valence-electron chi connectivity index (χ0n) is 12.2. The molecule has 3 nitrogen and oxygen atoms in total. The number of rotatable bonds is 5. The SMILES string of the molecule is COCc1cccc(C(=O)N(C)Cc2ccc(Br)cc2)c1. The minimum atomic E-state index is 0.0101. The summed E-state index contributed by atoms with van der Waals surface area (Å²) in [4.78, 5) is 14.2. The summed E-state index contributed by atoms with van der Waals surface area (Å²) in [6, 6.07) is 15.5. The van der Waals surface area contributed by atoms with E-state index in [-0.39, 0.29) is 5.91 Å². The van der Waals surface area contributed by atoms with Crippen molar-refractivity contribution >= 4 is 21.8 Å². The molecule has 1 amide bonds. The highest BCUT2D eigenvalue weighted by molar-refractivity contribution is 9.10. The summed E-state index contributed by atoms with van der Waals surface area (Å²) < 4.78 is 6.14. The lowest BCUT2D eigenvalue weighted by molar-refractivity contribution is 0.0784. The highest BCUT2D eigenvalue weighted by Crippen LogP contribution is 2.14. The predicted molar refractivity (Wildman–Crippen MR) is 87.1 cm³/mol. The van der Waals surface area contributed by atoms with E-state index in [2.05, 4.69) is 15.9 Å². The Labute approximate surface area is 133 Å². The van der Waals surface area contributed by atoms with Crippen molar-refractivity contribution in [3.05, 3.63) is 69.7 Å². The van der Waals surface area contributed by atoms with Crippen LogP contribution in [0.3, 0.4) is 0 Å². The Morgan fingerprint density at radius 1 is 1.14 bits per heavy atom. The summed E-state index contributed by atoms with van der Waals surface area (Å²) in [5, 5.41) is 0. The van der Waals surface area contributed by atoms with Crippen LogP contribution in [0.15, 0.2) is 53.0 Å². The highest BCUT2D eigenvalue weighted by atomic mass is 79.9. The number of methoxy groups -OCH3 is 1. The highest BCUT2D eigenvalue weighted by Gasteiger charge is 2.12. The van der Waals surface area contributed by atoms with Crippen molar-refractivity contribution in [2.45, 2.75) is 13.2 Å². The quantitative estimate of drug-likeness (QED) is 0.821. The topological polar surface area (TPSA) is 29.5 Å². The molecular weight excluding hydrogens is 330 g/mol. The van der Waals surface area contributed by atoms with E-state index in [1.165, 1.54) is 0 Å². The molecule has 2 aromatic rings. The lowest BCUT2D eigenvalue weighted by Crippen LogP contribution is -2.26. The molecule has 0 aliphatic carbocycles. The number of nitrogens with zero attached hydrogens (tertiary/aromatic N) is 1. The molecule has 0 fully saturated rings. The number of carbonyl (C=O) groups is 1. The molecule has 0 spiro atoms. The van der Waals surface area contributed by atoms with Gasteiger partial charge in [0, 0.05) is 30.7 Å². The molecular formula is C17H18BrNO2. The molecule has 0 bridgehead atoms. The smallest absolute Gasteiger partial charge is 0.253 e. The van der Waals surface area contributed by atoms with Gasteiger partial charge in [-0.05, 0) is 35.4 Å². The summed E-state index contributed by atoms with van der Waals surface area (Å²) in [7, 11) is 3.46. The van der Waals surface area contributed by atoms with Crippen molar-refractivity contribution in [2.24, 2.45) is 0 Å². The second kappa shape index (κ2) is 7.38. The van der Waals surface area contributed by atoms with E-state index >= 15 is 0 Å². The standard InChI is InChI=1S/C17H18BrNO2/c1-19(11-13-6-8-16(18)9-7-13)17(20)15-5-3-4-14(10-15)12-21-2/h3-10H,11-12H2,1-2H3. The van der Waals surface area contributed by atoms with Gasteiger partial charge in [0.2, 0.25) is 0 Å². The molecule has 0 aliphatic heterocycles. The van der Waals surface area contributed by atoms with Crippen LogP contribution in [0.4, 0.5) is 0 Å². The fourth-order valence-corrected chi connectivity index (χ4v) is 2.38. The molecule has 110 valence electrons. The first-order valence-corrected chi connectivity index (χ1v) is 7.47. The number of halogens is 1. The van der Waals surface area contributed by atoms with Gasteiger partial charge in [-0.25, -0.2) is 0 Å². The molecule has 0 aliphatic rings. The Kier molecular flexibility index (Phi) is 5.53. The van der Waals surface area contributed by atoms with Crippen LogP contribution in [0.25, 0.3) is 0 Å². The number of hydrogen-bond acceptors (Lipinski definition) is 2. The summed E-state index contributed by atoms with van der Waals surface area (Å²) in [5.74, 6) is 0.0101. The predicted octanol–water partition coefficient (Wildman–Crippen LogP) is 3.87. The third-order valence-electron chi connectivity index (χ3n) is 3.16. The molecule has 0 unspecified atom stereocenters. The van der Waals surface area contributed by atoms with Crippen molar-refractivity contribution in [1.29, 1.82) is 0 Å². The average molecular weight is 348 g/mol. The first kappa shape index (κ1) is 15.7.